The third-order valence-corrected chi connectivity index (χ3v) is 5.88. The SMILES string of the molecule is Cc1c[nH]c2nccc(N3C=C(C(=O)N[C@@H](CN)c4ccccc4)SCC3)c12.Cl. The molecule has 0 bridgehead atoms. The van der Waals surface area contributed by atoms with E-state index in [1.54, 1.807) is 18.0 Å². The Kier molecular flexibility index (Phi) is 6.84. The minimum atomic E-state index is -0.204. The number of aromatic amines is 1. The average molecular weight is 430 g/mol. The first-order valence-electron chi connectivity index (χ1n) is 9.27. The molecule has 0 spiro atoms. The number of thioether (sulfide) groups is 1. The summed E-state index contributed by atoms with van der Waals surface area (Å²) in [4.78, 5) is 23.3. The summed E-state index contributed by atoms with van der Waals surface area (Å²) >= 11 is 1.57. The highest BCUT2D eigenvalue weighted by atomic mass is 35.5. The minimum Gasteiger partial charge on any atom is -0.346 e. The van der Waals surface area contributed by atoms with Crippen molar-refractivity contribution in [2.45, 2.75) is 13.0 Å². The summed E-state index contributed by atoms with van der Waals surface area (Å²) < 4.78 is 0. The lowest BCUT2D eigenvalue weighted by molar-refractivity contribution is -0.117. The lowest BCUT2D eigenvalue weighted by Crippen LogP contribution is -2.36. The minimum absolute atomic E-state index is 0. The van der Waals surface area contributed by atoms with Gasteiger partial charge in [0.05, 0.1) is 16.6 Å². The Morgan fingerprint density at radius 1 is 1.34 bits per heavy atom. The molecule has 0 saturated heterocycles. The number of nitrogens with two attached hydrogens (primary N) is 1. The number of carbonyl (C=O) groups excluding carboxylic acids is 1. The molecule has 0 unspecified atom stereocenters. The molecule has 152 valence electrons. The molecule has 1 atom stereocenters. The number of benzene rings is 1. The molecular formula is C21H24ClN5OS. The molecule has 4 N–H and O–H groups in total. The van der Waals surface area contributed by atoms with Gasteiger partial charge in [0.25, 0.3) is 5.91 Å². The number of nitrogens with zero attached hydrogens (tertiary/aromatic N) is 2. The fourth-order valence-corrected chi connectivity index (χ4v) is 4.34. The molecule has 1 aliphatic heterocycles. The van der Waals surface area contributed by atoms with Crippen LogP contribution in [0, 0.1) is 6.92 Å². The molecule has 0 saturated carbocycles. The number of anilines is 1. The lowest BCUT2D eigenvalue weighted by atomic mass is 10.1. The monoisotopic (exact) mass is 429 g/mol. The summed E-state index contributed by atoms with van der Waals surface area (Å²) in [7, 11) is 0. The topological polar surface area (TPSA) is 87.0 Å². The second-order valence-corrected chi connectivity index (χ2v) is 7.87. The van der Waals surface area contributed by atoms with Crippen molar-refractivity contribution < 1.29 is 4.79 Å². The number of hydrogen-bond donors (Lipinski definition) is 3. The number of nitrogens with one attached hydrogen (secondary N) is 2. The van der Waals surface area contributed by atoms with E-state index in [0.717, 1.165) is 40.1 Å². The summed E-state index contributed by atoms with van der Waals surface area (Å²) in [6.07, 6.45) is 5.69. The Bertz CT molecular complexity index is 1020. The van der Waals surface area contributed by atoms with Crippen molar-refractivity contribution in [1.29, 1.82) is 0 Å². The van der Waals surface area contributed by atoms with Gasteiger partial charge in [0.15, 0.2) is 0 Å². The van der Waals surface area contributed by atoms with Gasteiger partial charge in [-0.25, -0.2) is 4.98 Å². The van der Waals surface area contributed by atoms with E-state index in [2.05, 4.69) is 27.1 Å². The third kappa shape index (κ3) is 4.42. The number of amides is 1. The van der Waals surface area contributed by atoms with Gasteiger partial charge in [-0.15, -0.1) is 24.2 Å². The van der Waals surface area contributed by atoms with Crippen LogP contribution in [0.2, 0.25) is 0 Å². The fourth-order valence-electron chi connectivity index (χ4n) is 3.44. The molecule has 0 radical (unpaired) electrons. The van der Waals surface area contributed by atoms with Crippen molar-refractivity contribution >= 4 is 46.8 Å². The number of halogens is 1. The number of rotatable bonds is 5. The molecule has 3 aromatic rings. The maximum Gasteiger partial charge on any atom is 0.259 e. The number of pyridine rings is 1. The van der Waals surface area contributed by atoms with E-state index in [4.69, 9.17) is 5.73 Å². The summed E-state index contributed by atoms with van der Waals surface area (Å²) in [5.74, 6) is 0.746. The van der Waals surface area contributed by atoms with Crippen molar-refractivity contribution in [3.8, 4) is 0 Å². The number of aromatic nitrogens is 2. The van der Waals surface area contributed by atoms with Crippen LogP contribution in [0.1, 0.15) is 17.2 Å². The molecular weight excluding hydrogens is 406 g/mol. The molecule has 1 aliphatic rings. The van der Waals surface area contributed by atoms with E-state index in [9.17, 15) is 4.79 Å². The molecule has 1 aromatic carbocycles. The number of aryl methyl sites for hydroxylation is 1. The van der Waals surface area contributed by atoms with Gasteiger partial charge in [-0.3, -0.25) is 4.79 Å². The number of carbonyl (C=O) groups is 1. The Balaban J connectivity index is 0.00000240. The smallest absolute Gasteiger partial charge is 0.259 e. The van der Waals surface area contributed by atoms with Crippen molar-refractivity contribution in [3.05, 3.63) is 71.0 Å². The zero-order valence-corrected chi connectivity index (χ0v) is 17.7. The van der Waals surface area contributed by atoms with Crippen LogP contribution >= 0.6 is 24.2 Å². The first-order chi connectivity index (χ1) is 13.7. The Hall–Kier alpha value is -2.48. The maximum atomic E-state index is 12.9. The van der Waals surface area contributed by atoms with Gasteiger partial charge >= 0.3 is 0 Å². The number of hydrogen-bond acceptors (Lipinski definition) is 5. The lowest BCUT2D eigenvalue weighted by Gasteiger charge is -2.27. The summed E-state index contributed by atoms with van der Waals surface area (Å²) in [6.45, 7) is 3.25. The number of fused-ring (bicyclic) bond motifs is 1. The molecule has 0 fully saturated rings. The highest BCUT2D eigenvalue weighted by Crippen LogP contribution is 2.32. The highest BCUT2D eigenvalue weighted by Gasteiger charge is 2.22. The van der Waals surface area contributed by atoms with E-state index >= 15 is 0 Å². The largest absolute Gasteiger partial charge is 0.346 e. The van der Waals surface area contributed by atoms with Crippen LogP contribution in [0.5, 0.6) is 0 Å². The second kappa shape index (κ2) is 9.35. The van der Waals surface area contributed by atoms with Gasteiger partial charge in [0, 0.05) is 42.8 Å². The van der Waals surface area contributed by atoms with Crippen LogP contribution < -0.4 is 16.0 Å². The Labute approximate surface area is 180 Å². The van der Waals surface area contributed by atoms with Gasteiger partial charge in [0.1, 0.15) is 5.65 Å². The summed E-state index contributed by atoms with van der Waals surface area (Å²) in [5.41, 5.74) is 9.98. The summed E-state index contributed by atoms with van der Waals surface area (Å²) in [6, 6.07) is 11.6. The van der Waals surface area contributed by atoms with E-state index in [-0.39, 0.29) is 24.4 Å². The third-order valence-electron chi connectivity index (χ3n) is 4.89. The molecule has 3 heterocycles. The summed E-state index contributed by atoms with van der Waals surface area (Å²) in [5, 5.41) is 4.16. The van der Waals surface area contributed by atoms with Crippen LogP contribution in [0.4, 0.5) is 5.69 Å². The highest BCUT2D eigenvalue weighted by molar-refractivity contribution is 8.04. The Morgan fingerprint density at radius 2 is 2.14 bits per heavy atom. The van der Waals surface area contributed by atoms with Crippen molar-refractivity contribution in [2.24, 2.45) is 5.73 Å². The predicted octanol–water partition coefficient (Wildman–Crippen LogP) is 3.50. The van der Waals surface area contributed by atoms with Gasteiger partial charge < -0.3 is 20.9 Å². The van der Waals surface area contributed by atoms with E-state index in [1.165, 1.54) is 0 Å². The molecule has 2 aromatic heterocycles. The van der Waals surface area contributed by atoms with Crippen LogP contribution in [0.3, 0.4) is 0 Å². The van der Waals surface area contributed by atoms with Gasteiger partial charge in [-0.05, 0) is 24.1 Å². The van der Waals surface area contributed by atoms with Crippen LogP contribution in [-0.4, -0.2) is 34.7 Å². The van der Waals surface area contributed by atoms with E-state index in [1.807, 2.05) is 48.8 Å². The standard InChI is InChI=1S/C21H23N5OS.ClH/c1-14-12-24-20-19(14)17(7-8-23-20)26-9-10-28-18(13-26)21(27)25-16(11-22)15-5-3-2-4-6-15;/h2-8,12-13,16H,9-11,22H2,1H3,(H,23,24)(H,25,27);1H/t16-;/m0./s1. The van der Waals surface area contributed by atoms with Crippen molar-refractivity contribution in [3.63, 3.8) is 0 Å². The second-order valence-electron chi connectivity index (χ2n) is 6.73. The van der Waals surface area contributed by atoms with Crippen molar-refractivity contribution in [2.75, 3.05) is 23.7 Å². The molecule has 6 nitrogen and oxygen atoms in total. The fraction of sp³-hybridized carbons (Fsp3) is 0.238. The zero-order valence-electron chi connectivity index (χ0n) is 16.1. The van der Waals surface area contributed by atoms with E-state index < -0.39 is 0 Å². The molecule has 8 heteroatoms. The molecule has 29 heavy (non-hydrogen) atoms. The normalized spacial score (nSPS) is 14.8. The number of H-pyrrole nitrogens is 1. The average Bonchev–Trinajstić information content (AvgIpc) is 3.13. The Morgan fingerprint density at radius 3 is 2.90 bits per heavy atom. The van der Waals surface area contributed by atoms with Crippen LogP contribution in [0.25, 0.3) is 11.0 Å². The quantitative estimate of drug-likeness (QED) is 0.577. The van der Waals surface area contributed by atoms with Gasteiger partial charge in [-0.2, -0.15) is 0 Å². The molecule has 4 rings (SSSR count). The first kappa shape index (κ1) is 21.2. The zero-order chi connectivity index (χ0) is 19.5. The maximum absolute atomic E-state index is 12.9. The van der Waals surface area contributed by atoms with Gasteiger partial charge in [-0.1, -0.05) is 30.3 Å². The van der Waals surface area contributed by atoms with Crippen molar-refractivity contribution in [1.82, 2.24) is 15.3 Å². The van der Waals surface area contributed by atoms with Crippen LogP contribution in [0.15, 0.2) is 59.9 Å². The van der Waals surface area contributed by atoms with E-state index in [0.29, 0.717) is 11.4 Å². The predicted molar refractivity (Wildman–Crippen MR) is 122 cm³/mol. The first-order valence-corrected chi connectivity index (χ1v) is 10.3. The van der Waals surface area contributed by atoms with Crippen LogP contribution in [-0.2, 0) is 4.79 Å². The molecule has 1 amide bonds. The van der Waals surface area contributed by atoms with Gasteiger partial charge in [0.2, 0.25) is 0 Å². The molecule has 0 aliphatic carbocycles.